The average Bonchev–Trinajstić information content (AvgIpc) is 2.12. The molecule has 6 heteroatoms. The molecule has 0 fully saturated rings. The standard InChI is InChI=1S/C9H20N2O3S/c1-7(6-15(3)13)11-9(12)8(10)4-5-14-2/h7-8H,4-6,10H2,1-3H3,(H,11,12). The maximum absolute atomic E-state index is 11.5. The molecule has 1 amide bonds. The molecule has 0 aromatic heterocycles. The molecule has 5 nitrogen and oxygen atoms in total. The van der Waals surface area contributed by atoms with Crippen molar-refractivity contribution < 1.29 is 13.7 Å². The number of nitrogens with two attached hydrogens (primary N) is 1. The highest BCUT2D eigenvalue weighted by molar-refractivity contribution is 7.84. The Morgan fingerprint density at radius 3 is 2.67 bits per heavy atom. The van der Waals surface area contributed by atoms with Gasteiger partial charge >= 0.3 is 0 Å². The third-order valence-electron chi connectivity index (χ3n) is 1.84. The third kappa shape index (κ3) is 7.47. The van der Waals surface area contributed by atoms with Crippen molar-refractivity contribution in [3.05, 3.63) is 0 Å². The van der Waals surface area contributed by atoms with Crippen LogP contribution >= 0.6 is 0 Å². The molecule has 3 unspecified atom stereocenters. The first-order valence-electron chi connectivity index (χ1n) is 4.82. The lowest BCUT2D eigenvalue weighted by atomic mass is 10.2. The molecule has 0 aromatic rings. The van der Waals surface area contributed by atoms with Crippen molar-refractivity contribution in [2.45, 2.75) is 25.4 Å². The maximum atomic E-state index is 11.5. The lowest BCUT2D eigenvalue weighted by Crippen LogP contribution is -2.46. The van der Waals surface area contributed by atoms with Crippen LogP contribution in [0.4, 0.5) is 0 Å². The predicted octanol–water partition coefficient (Wildman–Crippen LogP) is -0.767. The molecule has 15 heavy (non-hydrogen) atoms. The van der Waals surface area contributed by atoms with E-state index in [4.69, 9.17) is 10.5 Å². The Labute approximate surface area is 93.2 Å². The summed E-state index contributed by atoms with van der Waals surface area (Å²) in [5.41, 5.74) is 5.61. The minimum Gasteiger partial charge on any atom is -0.385 e. The van der Waals surface area contributed by atoms with Crippen LogP contribution in [0, 0.1) is 0 Å². The lowest BCUT2D eigenvalue weighted by molar-refractivity contribution is -0.123. The number of ether oxygens (including phenoxy) is 1. The third-order valence-corrected chi connectivity index (χ3v) is 2.81. The Kier molecular flexibility index (Phi) is 7.54. The number of carbonyl (C=O) groups is 1. The second-order valence-corrected chi connectivity index (χ2v) is 5.02. The van der Waals surface area contributed by atoms with Crippen molar-refractivity contribution in [3.8, 4) is 0 Å². The summed E-state index contributed by atoms with van der Waals surface area (Å²) in [6.07, 6.45) is 2.10. The summed E-state index contributed by atoms with van der Waals surface area (Å²) in [5, 5.41) is 2.71. The summed E-state index contributed by atoms with van der Waals surface area (Å²) in [6.45, 7) is 2.27. The smallest absolute Gasteiger partial charge is 0.237 e. The van der Waals surface area contributed by atoms with Gasteiger partial charge in [0.05, 0.1) is 6.04 Å². The number of nitrogens with one attached hydrogen (secondary N) is 1. The van der Waals surface area contributed by atoms with E-state index >= 15 is 0 Å². The van der Waals surface area contributed by atoms with Gasteiger partial charge in [-0.05, 0) is 13.3 Å². The fraction of sp³-hybridized carbons (Fsp3) is 0.889. The highest BCUT2D eigenvalue weighted by Gasteiger charge is 2.15. The normalized spacial score (nSPS) is 16.8. The van der Waals surface area contributed by atoms with Crippen molar-refractivity contribution >= 4 is 16.7 Å². The molecule has 0 aliphatic heterocycles. The molecule has 0 spiro atoms. The van der Waals surface area contributed by atoms with Crippen LogP contribution in [0.1, 0.15) is 13.3 Å². The molecular formula is C9H20N2O3S. The van der Waals surface area contributed by atoms with Gasteiger partial charge in [-0.2, -0.15) is 0 Å². The molecule has 3 N–H and O–H groups in total. The molecule has 0 bridgehead atoms. The number of methoxy groups -OCH3 is 1. The Balaban J connectivity index is 3.85. The quantitative estimate of drug-likeness (QED) is 0.608. The minimum absolute atomic E-state index is 0.114. The van der Waals surface area contributed by atoms with Gasteiger partial charge in [0.25, 0.3) is 0 Å². The fourth-order valence-corrected chi connectivity index (χ4v) is 1.91. The molecule has 90 valence electrons. The zero-order valence-corrected chi connectivity index (χ0v) is 10.3. The second-order valence-electron chi connectivity index (χ2n) is 3.54. The Hall–Kier alpha value is -0.460. The van der Waals surface area contributed by atoms with E-state index in [1.165, 1.54) is 0 Å². The molecule has 0 heterocycles. The summed E-state index contributed by atoms with van der Waals surface area (Å²) < 4.78 is 15.7. The van der Waals surface area contributed by atoms with Crippen molar-refractivity contribution in [3.63, 3.8) is 0 Å². The number of carbonyl (C=O) groups excluding carboxylic acids is 1. The molecule has 0 rings (SSSR count). The second kappa shape index (κ2) is 7.78. The zero-order valence-electron chi connectivity index (χ0n) is 9.49. The first-order valence-corrected chi connectivity index (χ1v) is 6.55. The first-order chi connectivity index (χ1) is 6.97. The van der Waals surface area contributed by atoms with Gasteiger partial charge in [-0.15, -0.1) is 0 Å². The van der Waals surface area contributed by atoms with Gasteiger partial charge < -0.3 is 15.8 Å². The SMILES string of the molecule is COCCC(N)C(=O)NC(C)CS(C)=O. The summed E-state index contributed by atoms with van der Waals surface area (Å²) in [5.74, 6) is 0.230. The van der Waals surface area contributed by atoms with Crippen LogP contribution in [0.3, 0.4) is 0 Å². The molecule has 0 saturated heterocycles. The minimum atomic E-state index is -0.911. The van der Waals surface area contributed by atoms with Crippen LogP contribution in [0.5, 0.6) is 0 Å². The van der Waals surface area contributed by atoms with Crippen molar-refractivity contribution in [2.75, 3.05) is 25.7 Å². The Morgan fingerprint density at radius 2 is 2.20 bits per heavy atom. The molecule has 0 aromatic carbocycles. The van der Waals surface area contributed by atoms with Gasteiger partial charge in [-0.3, -0.25) is 9.00 Å². The maximum Gasteiger partial charge on any atom is 0.237 e. The van der Waals surface area contributed by atoms with E-state index in [2.05, 4.69) is 5.32 Å². The number of amides is 1. The van der Waals surface area contributed by atoms with Crippen LogP contribution in [-0.4, -0.2) is 47.9 Å². The number of hydrogen-bond acceptors (Lipinski definition) is 4. The van der Waals surface area contributed by atoms with E-state index in [1.807, 2.05) is 6.92 Å². The van der Waals surface area contributed by atoms with Gasteiger partial charge in [-0.25, -0.2) is 0 Å². The van der Waals surface area contributed by atoms with E-state index in [0.717, 1.165) is 0 Å². The molecular weight excluding hydrogens is 216 g/mol. The molecule has 0 aliphatic carbocycles. The largest absolute Gasteiger partial charge is 0.385 e. The predicted molar refractivity (Wildman–Crippen MR) is 61.0 cm³/mol. The molecule has 3 atom stereocenters. The summed E-state index contributed by atoms with van der Waals surface area (Å²) in [6, 6.07) is -0.672. The van der Waals surface area contributed by atoms with E-state index in [-0.39, 0.29) is 11.9 Å². The summed E-state index contributed by atoms with van der Waals surface area (Å²) in [7, 11) is 0.652. The lowest BCUT2D eigenvalue weighted by Gasteiger charge is -2.16. The highest BCUT2D eigenvalue weighted by Crippen LogP contribution is 1.92. The first kappa shape index (κ1) is 14.5. The van der Waals surface area contributed by atoms with Gasteiger partial charge in [0.15, 0.2) is 0 Å². The number of hydrogen-bond donors (Lipinski definition) is 2. The Morgan fingerprint density at radius 1 is 1.60 bits per heavy atom. The molecule has 0 aliphatic rings. The monoisotopic (exact) mass is 236 g/mol. The van der Waals surface area contributed by atoms with Crippen LogP contribution < -0.4 is 11.1 Å². The molecule has 0 radical (unpaired) electrons. The fourth-order valence-electron chi connectivity index (χ4n) is 1.12. The van der Waals surface area contributed by atoms with Crippen LogP contribution in [0.15, 0.2) is 0 Å². The van der Waals surface area contributed by atoms with Crippen LogP contribution in [0.2, 0.25) is 0 Å². The highest BCUT2D eigenvalue weighted by atomic mass is 32.2. The summed E-state index contributed by atoms with van der Waals surface area (Å²) in [4.78, 5) is 11.5. The van der Waals surface area contributed by atoms with Crippen molar-refractivity contribution in [1.29, 1.82) is 0 Å². The Bertz CT molecular complexity index is 223. The average molecular weight is 236 g/mol. The van der Waals surface area contributed by atoms with Gasteiger partial charge in [-0.1, -0.05) is 0 Å². The number of rotatable bonds is 7. The van der Waals surface area contributed by atoms with Gasteiger partial charge in [0, 0.05) is 42.6 Å². The van der Waals surface area contributed by atoms with Crippen molar-refractivity contribution in [1.82, 2.24) is 5.32 Å². The van der Waals surface area contributed by atoms with E-state index in [9.17, 15) is 9.00 Å². The van der Waals surface area contributed by atoms with E-state index in [1.54, 1.807) is 13.4 Å². The van der Waals surface area contributed by atoms with E-state index < -0.39 is 16.8 Å². The topological polar surface area (TPSA) is 81.4 Å². The van der Waals surface area contributed by atoms with Gasteiger partial charge in [0.2, 0.25) is 5.91 Å². The molecule has 0 saturated carbocycles. The van der Waals surface area contributed by atoms with Crippen LogP contribution in [0.25, 0.3) is 0 Å². The zero-order chi connectivity index (χ0) is 11.8. The van der Waals surface area contributed by atoms with Crippen LogP contribution in [-0.2, 0) is 20.3 Å². The van der Waals surface area contributed by atoms with Crippen molar-refractivity contribution in [2.24, 2.45) is 5.73 Å². The summed E-state index contributed by atoms with van der Waals surface area (Å²) >= 11 is 0. The van der Waals surface area contributed by atoms with Gasteiger partial charge in [0.1, 0.15) is 0 Å². The van der Waals surface area contributed by atoms with E-state index in [0.29, 0.717) is 18.8 Å².